The fourth-order valence-corrected chi connectivity index (χ4v) is 1.85. The van der Waals surface area contributed by atoms with Gasteiger partial charge in [-0.3, -0.25) is 0 Å². The summed E-state index contributed by atoms with van der Waals surface area (Å²) < 4.78 is 0. The number of aromatic amines is 1. The lowest BCUT2D eigenvalue weighted by atomic mass is 9.80. The van der Waals surface area contributed by atoms with E-state index in [0.29, 0.717) is 6.04 Å². The minimum absolute atomic E-state index is 0.678. The largest absolute Gasteiger partial charge is 0.364 e. The van der Waals surface area contributed by atoms with Crippen LogP contribution in [0, 0.1) is 5.92 Å². The van der Waals surface area contributed by atoms with Crippen molar-refractivity contribution < 1.29 is 0 Å². The van der Waals surface area contributed by atoms with Crippen LogP contribution in [0.2, 0.25) is 0 Å². The fourth-order valence-electron chi connectivity index (χ4n) is 1.85. The highest BCUT2D eigenvalue weighted by Gasteiger charge is 2.23. The maximum absolute atomic E-state index is 3.56. The number of hydrogen-bond donors (Lipinski definition) is 2. The number of hydrogen-bond acceptors (Lipinski definition) is 1. The third kappa shape index (κ3) is 2.13. The second-order valence-corrected chi connectivity index (χ2v) is 4.06. The molecule has 1 aliphatic carbocycles. The molecule has 0 saturated heterocycles. The minimum atomic E-state index is 0.678. The molecule has 13 heavy (non-hydrogen) atoms. The van der Waals surface area contributed by atoms with Gasteiger partial charge in [0, 0.05) is 24.5 Å². The summed E-state index contributed by atoms with van der Waals surface area (Å²) in [6.45, 7) is 3.28. The highest BCUT2D eigenvalue weighted by molar-refractivity contribution is 5.03. The van der Waals surface area contributed by atoms with E-state index in [2.05, 4.69) is 23.3 Å². The van der Waals surface area contributed by atoms with Gasteiger partial charge in [0.1, 0.15) is 0 Å². The SMILES string of the molecule is CC(NCc1ccc[nH]1)C1CCC1. The zero-order valence-corrected chi connectivity index (χ0v) is 8.22. The van der Waals surface area contributed by atoms with Crippen molar-refractivity contribution in [1.82, 2.24) is 10.3 Å². The highest BCUT2D eigenvalue weighted by atomic mass is 14.9. The molecule has 0 bridgehead atoms. The zero-order valence-electron chi connectivity index (χ0n) is 8.22. The summed E-state index contributed by atoms with van der Waals surface area (Å²) in [4.78, 5) is 3.20. The molecule has 0 amide bonds. The molecule has 1 aliphatic rings. The first-order chi connectivity index (χ1) is 6.36. The van der Waals surface area contributed by atoms with Gasteiger partial charge in [-0.05, 0) is 37.8 Å². The molecule has 2 nitrogen and oxygen atoms in total. The van der Waals surface area contributed by atoms with Crippen molar-refractivity contribution in [2.45, 2.75) is 38.8 Å². The Hall–Kier alpha value is -0.760. The van der Waals surface area contributed by atoms with Crippen LogP contribution in [-0.4, -0.2) is 11.0 Å². The summed E-state index contributed by atoms with van der Waals surface area (Å²) in [5, 5.41) is 3.56. The monoisotopic (exact) mass is 178 g/mol. The molecule has 0 radical (unpaired) electrons. The first-order valence-electron chi connectivity index (χ1n) is 5.22. The molecule has 0 aliphatic heterocycles. The molecule has 1 unspecified atom stereocenters. The van der Waals surface area contributed by atoms with Gasteiger partial charge in [0.2, 0.25) is 0 Å². The predicted octanol–water partition coefficient (Wildman–Crippen LogP) is 2.29. The standard InChI is InChI=1S/C11H18N2/c1-9(10-4-2-5-10)13-8-11-6-3-7-12-11/h3,6-7,9-10,12-13H,2,4-5,8H2,1H3. The lowest BCUT2D eigenvalue weighted by Gasteiger charge is -2.31. The number of H-pyrrole nitrogens is 1. The van der Waals surface area contributed by atoms with Crippen LogP contribution in [0.25, 0.3) is 0 Å². The van der Waals surface area contributed by atoms with Crippen LogP contribution in [0.3, 0.4) is 0 Å². The van der Waals surface area contributed by atoms with Gasteiger partial charge in [0.15, 0.2) is 0 Å². The summed E-state index contributed by atoms with van der Waals surface area (Å²) in [6.07, 6.45) is 6.24. The van der Waals surface area contributed by atoms with Crippen molar-refractivity contribution in [2.75, 3.05) is 0 Å². The van der Waals surface area contributed by atoms with E-state index >= 15 is 0 Å². The molecular formula is C11H18N2. The van der Waals surface area contributed by atoms with Crippen LogP contribution in [0.1, 0.15) is 31.9 Å². The van der Waals surface area contributed by atoms with Crippen molar-refractivity contribution in [2.24, 2.45) is 5.92 Å². The van der Waals surface area contributed by atoms with E-state index in [1.54, 1.807) is 0 Å². The lowest BCUT2D eigenvalue weighted by Crippen LogP contribution is -2.36. The van der Waals surface area contributed by atoms with Crippen LogP contribution in [0.5, 0.6) is 0 Å². The van der Waals surface area contributed by atoms with E-state index in [9.17, 15) is 0 Å². The lowest BCUT2D eigenvalue weighted by molar-refractivity contribution is 0.239. The maximum atomic E-state index is 3.56. The highest BCUT2D eigenvalue weighted by Crippen LogP contribution is 2.29. The molecule has 1 atom stereocenters. The van der Waals surface area contributed by atoms with Gasteiger partial charge in [0.25, 0.3) is 0 Å². The van der Waals surface area contributed by atoms with Gasteiger partial charge < -0.3 is 10.3 Å². The molecule has 72 valence electrons. The Kier molecular flexibility index (Phi) is 2.69. The first-order valence-corrected chi connectivity index (χ1v) is 5.22. The van der Waals surface area contributed by atoms with Crippen molar-refractivity contribution >= 4 is 0 Å². The number of aromatic nitrogens is 1. The second kappa shape index (κ2) is 3.97. The fraction of sp³-hybridized carbons (Fsp3) is 0.636. The molecule has 0 aromatic carbocycles. The Bertz CT molecular complexity index is 237. The van der Waals surface area contributed by atoms with Gasteiger partial charge in [0.05, 0.1) is 0 Å². The number of nitrogens with one attached hydrogen (secondary N) is 2. The third-order valence-corrected chi connectivity index (χ3v) is 3.13. The van der Waals surface area contributed by atoms with E-state index in [1.807, 2.05) is 12.3 Å². The number of rotatable bonds is 4. The van der Waals surface area contributed by atoms with Gasteiger partial charge in [-0.2, -0.15) is 0 Å². The van der Waals surface area contributed by atoms with E-state index in [1.165, 1.54) is 25.0 Å². The summed E-state index contributed by atoms with van der Waals surface area (Å²) in [5.74, 6) is 0.926. The molecular weight excluding hydrogens is 160 g/mol. The van der Waals surface area contributed by atoms with Crippen LogP contribution in [0.15, 0.2) is 18.3 Å². The quantitative estimate of drug-likeness (QED) is 0.727. The Morgan fingerprint density at radius 3 is 3.00 bits per heavy atom. The van der Waals surface area contributed by atoms with E-state index < -0.39 is 0 Å². The summed E-state index contributed by atoms with van der Waals surface area (Å²) in [5.41, 5.74) is 1.28. The van der Waals surface area contributed by atoms with Gasteiger partial charge in [-0.1, -0.05) is 6.42 Å². The topological polar surface area (TPSA) is 27.8 Å². The average molecular weight is 178 g/mol. The van der Waals surface area contributed by atoms with Crippen molar-refractivity contribution in [3.63, 3.8) is 0 Å². The third-order valence-electron chi connectivity index (χ3n) is 3.13. The predicted molar refractivity (Wildman–Crippen MR) is 54.4 cm³/mol. The van der Waals surface area contributed by atoms with Gasteiger partial charge in [-0.25, -0.2) is 0 Å². The molecule has 1 fully saturated rings. The van der Waals surface area contributed by atoms with Crippen LogP contribution in [-0.2, 0) is 6.54 Å². The van der Waals surface area contributed by atoms with E-state index in [0.717, 1.165) is 12.5 Å². The summed E-state index contributed by atoms with van der Waals surface area (Å²) in [6, 6.07) is 4.85. The van der Waals surface area contributed by atoms with E-state index in [4.69, 9.17) is 0 Å². The molecule has 2 N–H and O–H groups in total. The van der Waals surface area contributed by atoms with Gasteiger partial charge in [-0.15, -0.1) is 0 Å². The van der Waals surface area contributed by atoms with Crippen molar-refractivity contribution in [3.05, 3.63) is 24.0 Å². The maximum Gasteiger partial charge on any atom is 0.0359 e. The van der Waals surface area contributed by atoms with Crippen LogP contribution in [0.4, 0.5) is 0 Å². The van der Waals surface area contributed by atoms with Crippen LogP contribution >= 0.6 is 0 Å². The Morgan fingerprint density at radius 1 is 1.62 bits per heavy atom. The van der Waals surface area contributed by atoms with E-state index in [-0.39, 0.29) is 0 Å². The van der Waals surface area contributed by atoms with Crippen LogP contribution < -0.4 is 5.32 Å². The Morgan fingerprint density at radius 2 is 2.46 bits per heavy atom. The second-order valence-electron chi connectivity index (χ2n) is 4.06. The molecule has 1 saturated carbocycles. The zero-order chi connectivity index (χ0) is 9.10. The molecule has 1 heterocycles. The molecule has 2 rings (SSSR count). The minimum Gasteiger partial charge on any atom is -0.364 e. The van der Waals surface area contributed by atoms with Crippen molar-refractivity contribution in [3.8, 4) is 0 Å². The summed E-state index contributed by atoms with van der Waals surface area (Å²) in [7, 11) is 0. The smallest absolute Gasteiger partial charge is 0.0359 e. The average Bonchev–Trinajstić information content (AvgIpc) is 2.49. The first kappa shape index (κ1) is 8.82. The molecule has 0 spiro atoms. The molecule has 1 aromatic rings. The van der Waals surface area contributed by atoms with Gasteiger partial charge >= 0.3 is 0 Å². The molecule has 2 heteroatoms. The summed E-state index contributed by atoms with van der Waals surface area (Å²) >= 11 is 0. The van der Waals surface area contributed by atoms with Crippen molar-refractivity contribution in [1.29, 1.82) is 0 Å². The Balaban J connectivity index is 1.72. The molecule has 1 aromatic heterocycles. The Labute approximate surface area is 79.7 Å². The normalized spacial score (nSPS) is 19.8.